The van der Waals surface area contributed by atoms with Gasteiger partial charge in [0.15, 0.2) is 0 Å². The van der Waals surface area contributed by atoms with E-state index in [1.54, 1.807) is 0 Å². The molecule has 0 amide bonds. The van der Waals surface area contributed by atoms with Crippen LogP contribution in [0.1, 0.15) is 64.1 Å². The molecular formula is C17H31N3O. The van der Waals surface area contributed by atoms with Crippen molar-refractivity contribution in [1.82, 2.24) is 14.7 Å². The zero-order valence-electron chi connectivity index (χ0n) is 14.0. The highest BCUT2D eigenvalue weighted by atomic mass is 16.3. The second kappa shape index (κ2) is 6.93. The standard InChI is InChI=1S/C17H31N3O/c1-5-15(6-2)20-12-9-14(18-20)13-16(21)17(19(3)4)10-7-8-11-17/h9,12,15-16,21H,5-8,10-11,13H2,1-4H3. The quantitative estimate of drug-likeness (QED) is 0.840. The second-order valence-electron chi connectivity index (χ2n) is 6.68. The van der Waals surface area contributed by atoms with E-state index in [4.69, 9.17) is 5.10 Å². The number of rotatable bonds is 7. The molecule has 0 spiro atoms. The highest BCUT2D eigenvalue weighted by Crippen LogP contribution is 2.37. The molecule has 0 bridgehead atoms. The number of aliphatic hydroxyl groups excluding tert-OH is 1. The van der Waals surface area contributed by atoms with Gasteiger partial charge < -0.3 is 10.0 Å². The summed E-state index contributed by atoms with van der Waals surface area (Å²) >= 11 is 0. The fraction of sp³-hybridized carbons (Fsp3) is 0.824. The van der Waals surface area contributed by atoms with Gasteiger partial charge in [-0.05, 0) is 45.8 Å². The third-order valence-electron chi connectivity index (χ3n) is 5.36. The van der Waals surface area contributed by atoms with Gasteiger partial charge in [-0.1, -0.05) is 26.7 Å². The van der Waals surface area contributed by atoms with E-state index < -0.39 is 0 Å². The fourth-order valence-electron chi connectivity index (χ4n) is 3.81. The Hall–Kier alpha value is -0.870. The number of nitrogens with zero attached hydrogens (tertiary/aromatic N) is 3. The molecule has 1 aromatic rings. The first kappa shape index (κ1) is 16.5. The van der Waals surface area contributed by atoms with Crippen molar-refractivity contribution in [2.24, 2.45) is 0 Å². The molecule has 0 aliphatic heterocycles. The summed E-state index contributed by atoms with van der Waals surface area (Å²) in [4.78, 5) is 2.22. The van der Waals surface area contributed by atoms with Gasteiger partial charge in [-0.25, -0.2) is 0 Å². The Morgan fingerprint density at radius 3 is 2.43 bits per heavy atom. The lowest BCUT2D eigenvalue weighted by Gasteiger charge is -2.40. The molecule has 1 fully saturated rings. The van der Waals surface area contributed by atoms with Gasteiger partial charge in [0.25, 0.3) is 0 Å². The Morgan fingerprint density at radius 1 is 1.29 bits per heavy atom. The molecule has 120 valence electrons. The number of hydrogen-bond donors (Lipinski definition) is 1. The lowest BCUT2D eigenvalue weighted by Crippen LogP contribution is -2.52. The van der Waals surface area contributed by atoms with Crippen molar-refractivity contribution in [3.63, 3.8) is 0 Å². The largest absolute Gasteiger partial charge is 0.391 e. The van der Waals surface area contributed by atoms with Crippen LogP contribution in [0.5, 0.6) is 0 Å². The van der Waals surface area contributed by atoms with Crippen LogP contribution in [0.2, 0.25) is 0 Å². The van der Waals surface area contributed by atoms with Crippen molar-refractivity contribution in [3.8, 4) is 0 Å². The summed E-state index contributed by atoms with van der Waals surface area (Å²) < 4.78 is 2.07. The van der Waals surface area contributed by atoms with Crippen LogP contribution in [0.3, 0.4) is 0 Å². The number of hydrogen-bond acceptors (Lipinski definition) is 3. The molecule has 2 rings (SSSR count). The molecule has 1 aliphatic carbocycles. The summed E-state index contributed by atoms with van der Waals surface area (Å²) in [7, 11) is 4.19. The minimum Gasteiger partial charge on any atom is -0.391 e. The maximum absolute atomic E-state index is 10.8. The first-order valence-corrected chi connectivity index (χ1v) is 8.43. The summed E-state index contributed by atoms with van der Waals surface area (Å²) in [5.74, 6) is 0. The van der Waals surface area contributed by atoms with E-state index in [2.05, 4.69) is 49.8 Å². The van der Waals surface area contributed by atoms with Gasteiger partial charge in [0, 0.05) is 18.2 Å². The first-order valence-electron chi connectivity index (χ1n) is 8.43. The lowest BCUT2D eigenvalue weighted by molar-refractivity contribution is -0.00312. The third kappa shape index (κ3) is 3.32. The van der Waals surface area contributed by atoms with Crippen molar-refractivity contribution in [2.75, 3.05) is 14.1 Å². The van der Waals surface area contributed by atoms with E-state index >= 15 is 0 Å². The van der Waals surface area contributed by atoms with E-state index in [-0.39, 0.29) is 11.6 Å². The summed E-state index contributed by atoms with van der Waals surface area (Å²) in [6, 6.07) is 2.55. The van der Waals surface area contributed by atoms with E-state index in [1.807, 2.05) is 0 Å². The highest BCUT2D eigenvalue weighted by Gasteiger charge is 2.42. The Bertz CT molecular complexity index is 431. The van der Waals surface area contributed by atoms with Crippen molar-refractivity contribution in [1.29, 1.82) is 0 Å². The zero-order chi connectivity index (χ0) is 15.5. The van der Waals surface area contributed by atoms with Crippen LogP contribution < -0.4 is 0 Å². The van der Waals surface area contributed by atoms with Crippen molar-refractivity contribution in [2.45, 2.75) is 76.5 Å². The Morgan fingerprint density at radius 2 is 1.90 bits per heavy atom. The van der Waals surface area contributed by atoms with Gasteiger partial charge in [-0.3, -0.25) is 4.68 Å². The van der Waals surface area contributed by atoms with Crippen molar-refractivity contribution >= 4 is 0 Å². The van der Waals surface area contributed by atoms with Crippen LogP contribution in [0.25, 0.3) is 0 Å². The molecule has 1 saturated carbocycles. The lowest BCUT2D eigenvalue weighted by atomic mass is 9.86. The molecule has 0 radical (unpaired) electrons. The molecule has 21 heavy (non-hydrogen) atoms. The van der Waals surface area contributed by atoms with Gasteiger partial charge in [0.1, 0.15) is 0 Å². The molecule has 1 N–H and O–H groups in total. The minimum absolute atomic E-state index is 0.0569. The van der Waals surface area contributed by atoms with E-state index in [0.717, 1.165) is 31.4 Å². The molecular weight excluding hydrogens is 262 g/mol. The van der Waals surface area contributed by atoms with Crippen LogP contribution in [-0.4, -0.2) is 45.5 Å². The Kier molecular flexibility index (Phi) is 5.44. The Balaban J connectivity index is 2.07. The predicted octanol–water partition coefficient (Wildman–Crippen LogP) is 3.02. The maximum atomic E-state index is 10.8. The molecule has 1 aliphatic rings. The minimum atomic E-state index is -0.333. The monoisotopic (exact) mass is 293 g/mol. The van der Waals surface area contributed by atoms with E-state index in [1.165, 1.54) is 12.8 Å². The molecule has 0 aromatic carbocycles. The van der Waals surface area contributed by atoms with Crippen molar-refractivity contribution < 1.29 is 5.11 Å². The normalized spacial score (nSPS) is 19.6. The maximum Gasteiger partial charge on any atom is 0.0779 e. The van der Waals surface area contributed by atoms with Crippen LogP contribution in [-0.2, 0) is 6.42 Å². The topological polar surface area (TPSA) is 41.3 Å². The average molecular weight is 293 g/mol. The van der Waals surface area contributed by atoms with E-state index in [9.17, 15) is 5.11 Å². The van der Waals surface area contributed by atoms with Crippen LogP contribution in [0.4, 0.5) is 0 Å². The predicted molar refractivity (Wildman–Crippen MR) is 86.4 cm³/mol. The van der Waals surface area contributed by atoms with Gasteiger partial charge >= 0.3 is 0 Å². The number of likely N-dealkylation sites (N-methyl/N-ethyl adjacent to an activating group) is 1. The molecule has 0 saturated heterocycles. The summed E-state index contributed by atoms with van der Waals surface area (Å²) in [6.07, 6.45) is 9.21. The molecule has 1 atom stereocenters. The summed E-state index contributed by atoms with van der Waals surface area (Å²) in [6.45, 7) is 4.40. The van der Waals surface area contributed by atoms with Crippen LogP contribution >= 0.6 is 0 Å². The van der Waals surface area contributed by atoms with E-state index in [0.29, 0.717) is 12.5 Å². The zero-order valence-corrected chi connectivity index (χ0v) is 14.0. The second-order valence-corrected chi connectivity index (χ2v) is 6.68. The molecule has 4 nitrogen and oxygen atoms in total. The molecule has 1 aromatic heterocycles. The number of aliphatic hydroxyl groups is 1. The molecule has 1 unspecified atom stereocenters. The SMILES string of the molecule is CCC(CC)n1ccc(CC(O)C2(N(C)C)CCCC2)n1. The first-order chi connectivity index (χ1) is 10.0. The van der Waals surface area contributed by atoms with Gasteiger partial charge in [-0.15, -0.1) is 0 Å². The van der Waals surface area contributed by atoms with Crippen molar-refractivity contribution in [3.05, 3.63) is 18.0 Å². The third-order valence-corrected chi connectivity index (χ3v) is 5.36. The summed E-state index contributed by atoms with van der Waals surface area (Å²) in [5, 5.41) is 15.5. The summed E-state index contributed by atoms with van der Waals surface area (Å²) in [5.41, 5.74) is 0.959. The molecule has 1 heterocycles. The van der Waals surface area contributed by atoms with Gasteiger partial charge in [0.05, 0.1) is 17.8 Å². The molecule has 4 heteroatoms. The van der Waals surface area contributed by atoms with Crippen LogP contribution in [0.15, 0.2) is 12.3 Å². The van der Waals surface area contributed by atoms with Gasteiger partial charge in [-0.2, -0.15) is 5.10 Å². The fourth-order valence-corrected chi connectivity index (χ4v) is 3.81. The van der Waals surface area contributed by atoms with Crippen LogP contribution in [0, 0.1) is 0 Å². The number of aromatic nitrogens is 2. The average Bonchev–Trinajstić information content (AvgIpc) is 3.10. The Labute approximate surface area is 129 Å². The highest BCUT2D eigenvalue weighted by molar-refractivity contribution is 5.07. The van der Waals surface area contributed by atoms with Gasteiger partial charge in [0.2, 0.25) is 0 Å². The smallest absolute Gasteiger partial charge is 0.0779 e.